The lowest BCUT2D eigenvalue weighted by Crippen LogP contribution is -2.49. The molecule has 5 nitrogen and oxygen atoms in total. The lowest BCUT2D eigenvalue weighted by Gasteiger charge is -2.34. The summed E-state index contributed by atoms with van der Waals surface area (Å²) in [6.07, 6.45) is 6.20. The number of nitrogens with zero attached hydrogens (tertiary/aromatic N) is 2. The van der Waals surface area contributed by atoms with E-state index in [0.717, 1.165) is 64.1 Å². The van der Waals surface area contributed by atoms with E-state index < -0.39 is 5.60 Å². The summed E-state index contributed by atoms with van der Waals surface area (Å²) in [7, 11) is 0. The van der Waals surface area contributed by atoms with Crippen LogP contribution in [-0.4, -0.2) is 48.9 Å². The molecule has 1 saturated carbocycles. The highest BCUT2D eigenvalue weighted by molar-refractivity contribution is 14.0. The number of anilines is 1. The third-order valence-electron chi connectivity index (χ3n) is 5.37. The summed E-state index contributed by atoms with van der Waals surface area (Å²) in [6, 6.07) is 11.1. The van der Waals surface area contributed by atoms with Crippen molar-refractivity contribution < 1.29 is 5.11 Å². The predicted molar refractivity (Wildman–Crippen MR) is 120 cm³/mol. The summed E-state index contributed by atoms with van der Waals surface area (Å²) in [5.41, 5.74) is 0.726. The first-order chi connectivity index (χ1) is 12.2. The van der Waals surface area contributed by atoms with Crippen molar-refractivity contribution in [3.8, 4) is 0 Å². The molecule has 6 heteroatoms. The smallest absolute Gasteiger partial charge is 0.191 e. The molecular formula is C20H33IN4O. The number of benzene rings is 1. The third-order valence-corrected chi connectivity index (χ3v) is 5.37. The van der Waals surface area contributed by atoms with Gasteiger partial charge in [0.1, 0.15) is 0 Å². The van der Waals surface area contributed by atoms with Gasteiger partial charge < -0.3 is 20.6 Å². The molecule has 2 fully saturated rings. The summed E-state index contributed by atoms with van der Waals surface area (Å²) in [5.74, 6) is 0.848. The Bertz CT molecular complexity index is 552. The van der Waals surface area contributed by atoms with Crippen LogP contribution in [0.1, 0.15) is 45.4 Å². The lowest BCUT2D eigenvalue weighted by molar-refractivity contribution is 0.0574. The maximum Gasteiger partial charge on any atom is 0.191 e. The Morgan fingerprint density at radius 3 is 2.46 bits per heavy atom. The highest BCUT2D eigenvalue weighted by atomic mass is 127. The second-order valence-electron chi connectivity index (χ2n) is 7.37. The van der Waals surface area contributed by atoms with Crippen molar-refractivity contribution >= 4 is 35.6 Å². The van der Waals surface area contributed by atoms with Crippen LogP contribution < -0.4 is 15.5 Å². The van der Waals surface area contributed by atoms with E-state index in [1.165, 1.54) is 5.69 Å². The van der Waals surface area contributed by atoms with Gasteiger partial charge in [0.25, 0.3) is 0 Å². The van der Waals surface area contributed by atoms with Gasteiger partial charge in [0.05, 0.1) is 12.1 Å². The fraction of sp³-hybridized carbons (Fsp3) is 0.650. The number of para-hydroxylation sites is 1. The zero-order chi connectivity index (χ0) is 17.5. The second kappa shape index (κ2) is 10.3. The Kier molecular flexibility index (Phi) is 8.47. The normalized spacial score (nSPS) is 20.5. The summed E-state index contributed by atoms with van der Waals surface area (Å²) < 4.78 is 0. The van der Waals surface area contributed by atoms with Gasteiger partial charge in [-0.2, -0.15) is 0 Å². The first-order valence-electron chi connectivity index (χ1n) is 9.76. The Balaban J connectivity index is 0.00000243. The number of aliphatic hydroxyl groups is 1. The van der Waals surface area contributed by atoms with E-state index in [2.05, 4.69) is 57.8 Å². The molecule has 0 aromatic heterocycles. The van der Waals surface area contributed by atoms with Crippen LogP contribution >= 0.6 is 24.0 Å². The van der Waals surface area contributed by atoms with E-state index in [1.807, 2.05) is 0 Å². The van der Waals surface area contributed by atoms with Crippen LogP contribution in [0.15, 0.2) is 35.3 Å². The molecular weight excluding hydrogens is 439 g/mol. The van der Waals surface area contributed by atoms with Gasteiger partial charge in [-0.15, -0.1) is 24.0 Å². The zero-order valence-corrected chi connectivity index (χ0v) is 18.1. The van der Waals surface area contributed by atoms with Crippen LogP contribution in [0.3, 0.4) is 0 Å². The van der Waals surface area contributed by atoms with Crippen molar-refractivity contribution in [3.05, 3.63) is 30.3 Å². The van der Waals surface area contributed by atoms with Crippen LogP contribution in [0.5, 0.6) is 0 Å². The number of aliphatic imine (C=N–C) groups is 1. The first-order valence-corrected chi connectivity index (χ1v) is 9.76. The fourth-order valence-corrected chi connectivity index (χ4v) is 3.85. The second-order valence-corrected chi connectivity index (χ2v) is 7.37. The van der Waals surface area contributed by atoms with E-state index in [9.17, 15) is 5.11 Å². The Labute approximate surface area is 174 Å². The largest absolute Gasteiger partial charge is 0.388 e. The van der Waals surface area contributed by atoms with Crippen molar-refractivity contribution in [1.82, 2.24) is 10.6 Å². The topological polar surface area (TPSA) is 59.9 Å². The summed E-state index contributed by atoms with van der Waals surface area (Å²) >= 11 is 0. The third kappa shape index (κ3) is 6.01. The Morgan fingerprint density at radius 1 is 1.19 bits per heavy atom. The maximum absolute atomic E-state index is 10.5. The van der Waals surface area contributed by atoms with Crippen LogP contribution in [0.4, 0.5) is 5.69 Å². The molecule has 1 aliphatic carbocycles. The Morgan fingerprint density at radius 2 is 1.85 bits per heavy atom. The molecule has 1 aromatic carbocycles. The van der Waals surface area contributed by atoms with Crippen molar-refractivity contribution in [2.24, 2.45) is 4.99 Å². The molecule has 26 heavy (non-hydrogen) atoms. The SMILES string of the molecule is CCNC(=NCC1(O)CCCC1)NC1CCN(c2ccccc2)CC1.I. The van der Waals surface area contributed by atoms with Gasteiger partial charge in [-0.05, 0) is 44.7 Å². The fourth-order valence-electron chi connectivity index (χ4n) is 3.85. The molecule has 1 saturated heterocycles. The number of piperidine rings is 1. The van der Waals surface area contributed by atoms with Crippen LogP contribution in [0.2, 0.25) is 0 Å². The molecule has 1 aromatic rings. The van der Waals surface area contributed by atoms with E-state index in [0.29, 0.717) is 12.6 Å². The van der Waals surface area contributed by atoms with Gasteiger partial charge in [0.15, 0.2) is 5.96 Å². The van der Waals surface area contributed by atoms with E-state index >= 15 is 0 Å². The molecule has 2 aliphatic rings. The molecule has 0 bridgehead atoms. The average molecular weight is 472 g/mol. The minimum atomic E-state index is -0.584. The highest BCUT2D eigenvalue weighted by Crippen LogP contribution is 2.29. The summed E-state index contributed by atoms with van der Waals surface area (Å²) in [6.45, 7) is 5.55. The predicted octanol–water partition coefficient (Wildman–Crippen LogP) is 3.13. The first kappa shape index (κ1) is 21.3. The quantitative estimate of drug-likeness (QED) is 0.350. The molecule has 0 atom stereocenters. The summed E-state index contributed by atoms with van der Waals surface area (Å²) in [4.78, 5) is 7.12. The highest BCUT2D eigenvalue weighted by Gasteiger charge is 2.31. The molecule has 0 unspecified atom stereocenters. The molecule has 1 heterocycles. The van der Waals surface area contributed by atoms with Gasteiger partial charge in [0, 0.05) is 31.4 Å². The molecule has 3 rings (SSSR count). The van der Waals surface area contributed by atoms with Crippen molar-refractivity contribution in [1.29, 1.82) is 0 Å². The van der Waals surface area contributed by atoms with Crippen molar-refractivity contribution in [2.75, 3.05) is 31.1 Å². The number of halogens is 1. The van der Waals surface area contributed by atoms with E-state index in [1.54, 1.807) is 0 Å². The van der Waals surface area contributed by atoms with Gasteiger partial charge in [-0.1, -0.05) is 31.0 Å². The molecule has 0 radical (unpaired) electrons. The van der Waals surface area contributed by atoms with Crippen LogP contribution in [0, 0.1) is 0 Å². The number of hydrogen-bond acceptors (Lipinski definition) is 3. The number of guanidine groups is 1. The van der Waals surface area contributed by atoms with Gasteiger partial charge in [0.2, 0.25) is 0 Å². The average Bonchev–Trinajstić information content (AvgIpc) is 3.08. The summed E-state index contributed by atoms with van der Waals surface area (Å²) in [5, 5.41) is 17.4. The van der Waals surface area contributed by atoms with Gasteiger partial charge >= 0.3 is 0 Å². The van der Waals surface area contributed by atoms with Gasteiger partial charge in [-0.25, -0.2) is 0 Å². The van der Waals surface area contributed by atoms with E-state index in [-0.39, 0.29) is 24.0 Å². The minimum absolute atomic E-state index is 0. The molecule has 146 valence electrons. The van der Waals surface area contributed by atoms with Gasteiger partial charge in [-0.3, -0.25) is 4.99 Å². The molecule has 0 spiro atoms. The molecule has 1 aliphatic heterocycles. The minimum Gasteiger partial charge on any atom is -0.388 e. The Hall–Kier alpha value is -1.02. The van der Waals surface area contributed by atoms with Crippen molar-refractivity contribution in [2.45, 2.75) is 57.1 Å². The zero-order valence-electron chi connectivity index (χ0n) is 15.8. The standard InChI is InChI=1S/C20H32N4O.HI/c1-2-21-19(22-16-20(25)12-6-7-13-20)23-17-10-14-24(15-11-17)18-8-4-3-5-9-18;/h3-5,8-9,17,25H,2,6-7,10-16H2,1H3,(H2,21,22,23);1H. The number of hydrogen-bond donors (Lipinski definition) is 3. The lowest BCUT2D eigenvalue weighted by atomic mass is 10.0. The number of nitrogens with one attached hydrogen (secondary N) is 2. The molecule has 0 amide bonds. The van der Waals surface area contributed by atoms with Crippen molar-refractivity contribution in [3.63, 3.8) is 0 Å². The number of rotatable bonds is 5. The maximum atomic E-state index is 10.5. The van der Waals surface area contributed by atoms with Crippen LogP contribution in [0.25, 0.3) is 0 Å². The van der Waals surface area contributed by atoms with E-state index in [4.69, 9.17) is 0 Å². The van der Waals surface area contributed by atoms with Crippen LogP contribution in [-0.2, 0) is 0 Å². The monoisotopic (exact) mass is 472 g/mol. The molecule has 3 N–H and O–H groups in total.